The molecule has 0 aliphatic carbocycles. The maximum Gasteiger partial charge on any atom is 0.308 e. The first-order valence-corrected chi connectivity index (χ1v) is 8.45. The summed E-state index contributed by atoms with van der Waals surface area (Å²) in [6.07, 6.45) is 4.82. The number of hydrogen-bond donors (Lipinski definition) is 0. The summed E-state index contributed by atoms with van der Waals surface area (Å²) in [5.74, 6) is -0.0704. The van der Waals surface area contributed by atoms with Crippen molar-refractivity contribution in [3.8, 4) is 23.0 Å². The van der Waals surface area contributed by atoms with E-state index in [1.807, 2.05) is 30.3 Å². The van der Waals surface area contributed by atoms with Crippen molar-refractivity contribution >= 4 is 11.9 Å². The zero-order valence-electron chi connectivity index (χ0n) is 15.5. The summed E-state index contributed by atoms with van der Waals surface area (Å²) in [4.78, 5) is 23.0. The van der Waals surface area contributed by atoms with Gasteiger partial charge in [-0.15, -0.1) is 13.2 Å². The quantitative estimate of drug-likeness (QED) is 0.382. The lowest BCUT2D eigenvalue weighted by Gasteiger charge is -2.16. The highest BCUT2D eigenvalue weighted by Gasteiger charge is 2.19. The Morgan fingerprint density at radius 3 is 1.96 bits per heavy atom. The summed E-state index contributed by atoms with van der Waals surface area (Å²) in [5.41, 5.74) is 1.90. The third-order valence-corrected chi connectivity index (χ3v) is 3.49. The highest BCUT2D eigenvalue weighted by Crippen LogP contribution is 2.41. The minimum Gasteiger partial charge on any atom is -0.453 e. The molecule has 0 aliphatic heterocycles. The Morgan fingerprint density at radius 1 is 0.852 bits per heavy atom. The predicted octanol–water partition coefficient (Wildman–Crippen LogP) is 4.79. The van der Waals surface area contributed by atoms with Crippen molar-refractivity contribution in [3.63, 3.8) is 0 Å². The minimum absolute atomic E-state index is 0.0562. The lowest BCUT2D eigenvalue weighted by molar-refractivity contribution is -0.134. The fourth-order valence-corrected chi connectivity index (χ4v) is 2.45. The third kappa shape index (κ3) is 5.85. The number of benzene rings is 2. The van der Waals surface area contributed by atoms with Crippen molar-refractivity contribution in [3.05, 3.63) is 72.8 Å². The molecule has 0 amide bonds. The molecule has 0 aliphatic rings. The van der Waals surface area contributed by atoms with Gasteiger partial charge in [0.2, 0.25) is 5.75 Å². The van der Waals surface area contributed by atoms with Crippen LogP contribution in [0.15, 0.2) is 61.7 Å². The average Bonchev–Trinajstić information content (AvgIpc) is 2.59. The maximum atomic E-state index is 11.5. The highest BCUT2D eigenvalue weighted by molar-refractivity contribution is 5.75. The van der Waals surface area contributed by atoms with E-state index >= 15 is 0 Å². The molecule has 5 nitrogen and oxygen atoms in total. The second kappa shape index (κ2) is 9.38. The van der Waals surface area contributed by atoms with Gasteiger partial charge in [0, 0.05) is 13.8 Å². The second-order valence-corrected chi connectivity index (χ2v) is 5.84. The lowest BCUT2D eigenvalue weighted by Crippen LogP contribution is -2.09. The number of carbonyl (C=O) groups excluding carboxylic acids is 2. The van der Waals surface area contributed by atoms with Gasteiger partial charge < -0.3 is 14.2 Å². The number of carbonyl (C=O) groups is 2. The Kier molecular flexibility index (Phi) is 6.94. The van der Waals surface area contributed by atoms with Crippen LogP contribution in [-0.4, -0.2) is 11.9 Å². The van der Waals surface area contributed by atoms with Gasteiger partial charge in [-0.3, -0.25) is 9.59 Å². The number of rotatable bonds is 8. The Bertz CT molecular complexity index is 850. The molecule has 0 saturated carbocycles. The predicted molar refractivity (Wildman–Crippen MR) is 103 cm³/mol. The summed E-state index contributed by atoms with van der Waals surface area (Å²) >= 11 is 0. The van der Waals surface area contributed by atoms with E-state index in [2.05, 4.69) is 13.2 Å². The molecule has 0 spiro atoms. The molecule has 140 valence electrons. The van der Waals surface area contributed by atoms with Gasteiger partial charge in [-0.2, -0.15) is 0 Å². The van der Waals surface area contributed by atoms with Crippen LogP contribution in [0.3, 0.4) is 0 Å². The molecule has 0 unspecified atom stereocenters. The zero-order chi connectivity index (χ0) is 19.8. The van der Waals surface area contributed by atoms with Crippen molar-refractivity contribution in [1.29, 1.82) is 0 Å². The van der Waals surface area contributed by atoms with Gasteiger partial charge in [0.15, 0.2) is 11.5 Å². The van der Waals surface area contributed by atoms with E-state index in [-0.39, 0.29) is 17.2 Å². The SMILES string of the molecule is C=CCc1ccc(Oc2cc(CC=C)cc(OC(C)=O)c2OC(C)=O)cc1. The van der Waals surface area contributed by atoms with Crippen LogP contribution in [-0.2, 0) is 22.4 Å². The van der Waals surface area contributed by atoms with E-state index in [0.717, 1.165) is 17.5 Å². The first kappa shape index (κ1) is 20.0. The lowest BCUT2D eigenvalue weighted by atomic mass is 10.1. The summed E-state index contributed by atoms with van der Waals surface area (Å²) in [5, 5.41) is 0. The van der Waals surface area contributed by atoms with Gasteiger partial charge in [0.1, 0.15) is 5.75 Å². The van der Waals surface area contributed by atoms with Crippen LogP contribution in [0.5, 0.6) is 23.0 Å². The topological polar surface area (TPSA) is 61.8 Å². The molecule has 0 atom stereocenters. The molecule has 0 bridgehead atoms. The van der Waals surface area contributed by atoms with Gasteiger partial charge in [-0.1, -0.05) is 24.3 Å². The van der Waals surface area contributed by atoms with Crippen LogP contribution in [0.2, 0.25) is 0 Å². The van der Waals surface area contributed by atoms with Gasteiger partial charge >= 0.3 is 11.9 Å². The van der Waals surface area contributed by atoms with Crippen molar-refractivity contribution in [1.82, 2.24) is 0 Å². The first-order valence-electron chi connectivity index (χ1n) is 8.45. The van der Waals surface area contributed by atoms with Crippen molar-refractivity contribution < 1.29 is 23.8 Å². The average molecular weight is 366 g/mol. The Hall–Kier alpha value is -3.34. The van der Waals surface area contributed by atoms with Gasteiger partial charge in [-0.05, 0) is 48.2 Å². The monoisotopic (exact) mass is 366 g/mol. The van der Waals surface area contributed by atoms with Crippen molar-refractivity contribution in [2.24, 2.45) is 0 Å². The molecule has 0 N–H and O–H groups in total. The fourth-order valence-electron chi connectivity index (χ4n) is 2.45. The first-order chi connectivity index (χ1) is 12.9. The van der Waals surface area contributed by atoms with Gasteiger partial charge in [0.25, 0.3) is 0 Å². The molecule has 0 aromatic heterocycles. The number of ether oxygens (including phenoxy) is 3. The van der Waals surface area contributed by atoms with Crippen LogP contribution < -0.4 is 14.2 Å². The molecule has 5 heteroatoms. The molecular weight excluding hydrogens is 344 g/mol. The molecular formula is C22H22O5. The normalized spacial score (nSPS) is 10.0. The minimum atomic E-state index is -0.550. The number of hydrogen-bond acceptors (Lipinski definition) is 5. The molecule has 0 saturated heterocycles. The second-order valence-electron chi connectivity index (χ2n) is 5.84. The van der Waals surface area contributed by atoms with Crippen LogP contribution in [0.1, 0.15) is 25.0 Å². The van der Waals surface area contributed by atoms with Crippen LogP contribution >= 0.6 is 0 Å². The van der Waals surface area contributed by atoms with Crippen LogP contribution in [0.25, 0.3) is 0 Å². The molecule has 2 aromatic carbocycles. The van der Waals surface area contributed by atoms with Crippen LogP contribution in [0.4, 0.5) is 0 Å². The number of allylic oxidation sites excluding steroid dienone is 2. The highest BCUT2D eigenvalue weighted by atomic mass is 16.6. The smallest absolute Gasteiger partial charge is 0.308 e. The molecule has 27 heavy (non-hydrogen) atoms. The van der Waals surface area contributed by atoms with Crippen LogP contribution in [0, 0.1) is 0 Å². The van der Waals surface area contributed by atoms with E-state index in [1.165, 1.54) is 13.8 Å². The number of esters is 2. The summed E-state index contributed by atoms with van der Waals surface area (Å²) in [6.45, 7) is 9.97. The van der Waals surface area contributed by atoms with E-state index < -0.39 is 11.9 Å². The Morgan fingerprint density at radius 2 is 1.41 bits per heavy atom. The zero-order valence-corrected chi connectivity index (χ0v) is 15.5. The van der Waals surface area contributed by atoms with Gasteiger partial charge in [0.05, 0.1) is 0 Å². The molecule has 2 aromatic rings. The van der Waals surface area contributed by atoms with E-state index in [1.54, 1.807) is 18.2 Å². The van der Waals surface area contributed by atoms with Crippen molar-refractivity contribution in [2.75, 3.05) is 0 Å². The molecule has 0 heterocycles. The maximum absolute atomic E-state index is 11.5. The summed E-state index contributed by atoms with van der Waals surface area (Å²) < 4.78 is 16.4. The van der Waals surface area contributed by atoms with E-state index in [9.17, 15) is 9.59 Å². The third-order valence-electron chi connectivity index (χ3n) is 3.49. The van der Waals surface area contributed by atoms with Gasteiger partial charge in [-0.25, -0.2) is 0 Å². The van der Waals surface area contributed by atoms with E-state index in [0.29, 0.717) is 12.2 Å². The van der Waals surface area contributed by atoms with E-state index in [4.69, 9.17) is 14.2 Å². The largest absolute Gasteiger partial charge is 0.453 e. The Balaban J connectivity index is 2.47. The Labute approximate surface area is 158 Å². The molecule has 0 radical (unpaired) electrons. The standard InChI is InChI=1S/C22H22O5/c1-5-7-17-9-11-19(12-10-17)27-21-14-18(8-6-2)13-20(25-15(3)23)22(21)26-16(4)24/h5-6,9-14H,1-2,7-8H2,3-4H3. The van der Waals surface area contributed by atoms with Crippen molar-refractivity contribution in [2.45, 2.75) is 26.7 Å². The molecule has 0 fully saturated rings. The fraction of sp³-hybridized carbons (Fsp3) is 0.182. The summed E-state index contributed by atoms with van der Waals surface area (Å²) in [6, 6.07) is 10.8. The molecule has 2 rings (SSSR count). The summed E-state index contributed by atoms with van der Waals surface area (Å²) in [7, 11) is 0.